The minimum Gasteiger partial charge on any atom is -0.784 e. The minimum atomic E-state index is -3.11. The molecule has 14 heavy (non-hydrogen) atoms. The van der Waals surface area contributed by atoms with E-state index in [0.29, 0.717) is 0 Å². The topological polar surface area (TPSA) is 80.3 Å². The van der Waals surface area contributed by atoms with Crippen LogP contribution in [0.4, 0.5) is 0 Å². The molecular weight excluding hydrogens is 204 g/mol. The smallest absolute Gasteiger partial charge is 0.122 e. The fraction of sp³-hybridized carbons (Fsp3) is 0.667. The third-order valence-corrected chi connectivity index (χ3v) is 1.41. The summed E-state index contributed by atoms with van der Waals surface area (Å²) in [7, 11) is 0. The van der Waals surface area contributed by atoms with E-state index < -0.39 is 11.4 Å². The van der Waals surface area contributed by atoms with Crippen LogP contribution in [0.5, 0.6) is 0 Å². The van der Waals surface area contributed by atoms with Crippen molar-refractivity contribution < 1.29 is 18.1 Å². The molecule has 5 heteroatoms. The van der Waals surface area contributed by atoms with Gasteiger partial charge in [0.2, 0.25) is 0 Å². The molecule has 0 aromatic heterocycles. The van der Waals surface area contributed by atoms with Gasteiger partial charge in [-0.2, -0.15) is 0 Å². The van der Waals surface area contributed by atoms with Crippen LogP contribution in [0.1, 0.15) is 33.6 Å². The maximum Gasteiger partial charge on any atom is 0.122 e. The van der Waals surface area contributed by atoms with Crippen LogP contribution in [0.15, 0.2) is 11.6 Å². The zero-order chi connectivity index (χ0) is 11.6. The molecular formula is C9H16O4S-2. The van der Waals surface area contributed by atoms with Gasteiger partial charge in [-0.05, 0) is 26.7 Å². The summed E-state index contributed by atoms with van der Waals surface area (Å²) >= 11 is -3.11. The number of carbonyl (C=O) groups excluding carboxylic acids is 1. The fourth-order valence-corrected chi connectivity index (χ4v) is 0.703. The SMILES string of the molecule is CC(C)=CCCC(C)C=O.O=S([O-])[O-]. The first-order chi connectivity index (χ1) is 6.40. The van der Waals surface area contributed by atoms with Crippen LogP contribution in [0, 0.1) is 5.92 Å². The molecule has 0 spiro atoms. The quantitative estimate of drug-likeness (QED) is 0.409. The summed E-state index contributed by atoms with van der Waals surface area (Å²) in [5, 5.41) is 0. The Morgan fingerprint density at radius 1 is 1.43 bits per heavy atom. The Labute approximate surface area is 87.5 Å². The van der Waals surface area contributed by atoms with Crippen molar-refractivity contribution in [3.8, 4) is 0 Å². The van der Waals surface area contributed by atoms with Crippen molar-refractivity contribution >= 4 is 17.6 Å². The number of hydrogen-bond acceptors (Lipinski definition) is 4. The summed E-state index contributed by atoms with van der Waals surface area (Å²) in [5.74, 6) is 0.218. The highest BCUT2D eigenvalue weighted by Crippen LogP contribution is 2.04. The van der Waals surface area contributed by atoms with Crippen LogP contribution in [-0.4, -0.2) is 19.6 Å². The van der Waals surface area contributed by atoms with E-state index in [-0.39, 0.29) is 5.92 Å². The van der Waals surface area contributed by atoms with Gasteiger partial charge in [0.05, 0.1) is 0 Å². The highest BCUT2D eigenvalue weighted by atomic mass is 32.2. The van der Waals surface area contributed by atoms with E-state index in [4.69, 9.17) is 13.3 Å². The van der Waals surface area contributed by atoms with Gasteiger partial charge >= 0.3 is 0 Å². The number of aldehydes is 1. The molecule has 0 amide bonds. The molecule has 0 heterocycles. The molecule has 0 aromatic rings. The summed E-state index contributed by atoms with van der Waals surface area (Å²) in [6, 6.07) is 0. The first-order valence-corrected chi connectivity index (χ1v) is 5.25. The fourth-order valence-electron chi connectivity index (χ4n) is 0.703. The largest absolute Gasteiger partial charge is 0.784 e. The first kappa shape index (κ1) is 15.9. The molecule has 0 aliphatic rings. The molecule has 0 rings (SSSR count). The lowest BCUT2D eigenvalue weighted by atomic mass is 10.1. The van der Waals surface area contributed by atoms with Crippen LogP contribution in [0.2, 0.25) is 0 Å². The van der Waals surface area contributed by atoms with E-state index in [0.717, 1.165) is 19.1 Å². The van der Waals surface area contributed by atoms with Gasteiger partial charge in [-0.3, -0.25) is 4.21 Å². The highest BCUT2D eigenvalue weighted by Gasteiger charge is 1.95. The van der Waals surface area contributed by atoms with Gasteiger partial charge in [-0.1, -0.05) is 18.6 Å². The van der Waals surface area contributed by atoms with Gasteiger partial charge in [-0.15, -0.1) is 11.4 Å². The van der Waals surface area contributed by atoms with Gasteiger partial charge in [0, 0.05) is 5.92 Å². The molecule has 0 aliphatic heterocycles. The van der Waals surface area contributed by atoms with Crippen molar-refractivity contribution in [1.29, 1.82) is 0 Å². The Kier molecular flexibility index (Phi) is 12.0. The number of allylic oxidation sites excluding steroid dienone is 2. The molecule has 0 N–H and O–H groups in total. The maximum absolute atomic E-state index is 10.2. The molecule has 0 aliphatic carbocycles. The third kappa shape index (κ3) is 22.5. The van der Waals surface area contributed by atoms with Crippen molar-refractivity contribution in [3.63, 3.8) is 0 Å². The maximum atomic E-state index is 10.2. The lowest BCUT2D eigenvalue weighted by Crippen LogP contribution is -1.93. The average molecular weight is 220 g/mol. The molecule has 0 radical (unpaired) electrons. The predicted octanol–water partition coefficient (Wildman–Crippen LogP) is 1.56. The number of carbonyl (C=O) groups is 1. The van der Waals surface area contributed by atoms with Crippen LogP contribution >= 0.6 is 0 Å². The Balaban J connectivity index is 0. The second-order valence-corrected chi connectivity index (χ2v) is 3.58. The molecule has 0 fully saturated rings. The second kappa shape index (κ2) is 10.6. The van der Waals surface area contributed by atoms with Crippen LogP contribution in [0.25, 0.3) is 0 Å². The van der Waals surface area contributed by atoms with Crippen molar-refractivity contribution in [2.24, 2.45) is 5.92 Å². The molecule has 84 valence electrons. The van der Waals surface area contributed by atoms with E-state index >= 15 is 0 Å². The molecule has 4 nitrogen and oxygen atoms in total. The Morgan fingerprint density at radius 2 is 1.86 bits per heavy atom. The van der Waals surface area contributed by atoms with Gasteiger partial charge in [0.15, 0.2) is 0 Å². The minimum absolute atomic E-state index is 0.218. The van der Waals surface area contributed by atoms with Gasteiger partial charge in [-0.25, -0.2) is 0 Å². The summed E-state index contributed by atoms with van der Waals surface area (Å²) in [6.45, 7) is 6.10. The van der Waals surface area contributed by atoms with Gasteiger partial charge in [0.25, 0.3) is 0 Å². The standard InChI is InChI=1S/C9H16O.H2O3S/c1-8(2)5-4-6-9(3)7-10;1-4(2)3/h5,7,9H,4,6H2,1-3H3;(H2,1,2,3)/p-2. The monoisotopic (exact) mass is 220 g/mol. The van der Waals surface area contributed by atoms with E-state index in [2.05, 4.69) is 19.9 Å². The summed E-state index contributed by atoms with van der Waals surface area (Å²) in [4.78, 5) is 10.2. The van der Waals surface area contributed by atoms with E-state index in [1.165, 1.54) is 5.57 Å². The summed E-state index contributed by atoms with van der Waals surface area (Å²) in [6.07, 6.45) is 5.19. The van der Waals surface area contributed by atoms with Crippen molar-refractivity contribution in [2.45, 2.75) is 33.6 Å². The first-order valence-electron chi connectivity index (χ1n) is 4.25. The Morgan fingerprint density at radius 3 is 2.14 bits per heavy atom. The second-order valence-electron chi connectivity index (χ2n) is 3.18. The summed E-state index contributed by atoms with van der Waals surface area (Å²) < 4.78 is 25.3. The van der Waals surface area contributed by atoms with Crippen LogP contribution in [0.3, 0.4) is 0 Å². The number of rotatable bonds is 4. The lowest BCUT2D eigenvalue weighted by molar-refractivity contribution is -0.110. The summed E-state index contributed by atoms with van der Waals surface area (Å²) in [5.41, 5.74) is 1.33. The normalized spacial score (nSPS) is 11.3. The molecule has 0 saturated carbocycles. The molecule has 0 aromatic carbocycles. The van der Waals surface area contributed by atoms with E-state index in [1.54, 1.807) is 0 Å². The molecule has 0 saturated heterocycles. The molecule has 0 bridgehead atoms. The lowest BCUT2D eigenvalue weighted by Gasteiger charge is -2.03. The Hall–Kier alpha value is -0.520. The van der Waals surface area contributed by atoms with Crippen molar-refractivity contribution in [3.05, 3.63) is 11.6 Å². The zero-order valence-corrected chi connectivity index (χ0v) is 9.50. The van der Waals surface area contributed by atoms with Crippen LogP contribution in [-0.2, 0) is 16.2 Å². The Bertz CT molecular complexity index is 193. The zero-order valence-electron chi connectivity index (χ0n) is 8.69. The highest BCUT2D eigenvalue weighted by molar-refractivity contribution is 7.72. The number of hydrogen-bond donors (Lipinski definition) is 0. The van der Waals surface area contributed by atoms with Gasteiger partial charge < -0.3 is 13.9 Å². The van der Waals surface area contributed by atoms with E-state index in [9.17, 15) is 4.79 Å². The molecule has 1 atom stereocenters. The van der Waals surface area contributed by atoms with Gasteiger partial charge in [0.1, 0.15) is 6.29 Å². The van der Waals surface area contributed by atoms with Crippen molar-refractivity contribution in [2.75, 3.05) is 0 Å². The van der Waals surface area contributed by atoms with E-state index in [1.807, 2.05) is 6.92 Å². The van der Waals surface area contributed by atoms with Crippen LogP contribution < -0.4 is 0 Å². The predicted molar refractivity (Wildman–Crippen MR) is 53.6 cm³/mol. The third-order valence-electron chi connectivity index (χ3n) is 1.41. The molecule has 1 unspecified atom stereocenters. The average Bonchev–Trinajstić information content (AvgIpc) is 2.02. The van der Waals surface area contributed by atoms with Crippen molar-refractivity contribution in [1.82, 2.24) is 0 Å².